The van der Waals surface area contributed by atoms with Gasteiger partial charge in [0.2, 0.25) is 11.8 Å². The first-order valence-electron chi connectivity index (χ1n) is 13.0. The van der Waals surface area contributed by atoms with E-state index in [4.69, 9.17) is 34.8 Å². The molecule has 0 unspecified atom stereocenters. The monoisotopic (exact) mass is 677 g/mol. The minimum atomic E-state index is -4.90. The van der Waals surface area contributed by atoms with Gasteiger partial charge in [0, 0.05) is 12.6 Å². The summed E-state index contributed by atoms with van der Waals surface area (Å²) in [7, 11) is -4.58. The Morgan fingerprint density at radius 1 is 0.907 bits per heavy atom. The third-order valence-corrected chi connectivity index (χ3v) is 9.52. The zero-order valence-corrected chi connectivity index (χ0v) is 26.4. The lowest BCUT2D eigenvalue weighted by atomic mass is 10.1. The van der Waals surface area contributed by atoms with Gasteiger partial charge in [0.25, 0.3) is 10.0 Å². The van der Waals surface area contributed by atoms with Crippen molar-refractivity contribution in [3.8, 4) is 0 Å². The van der Waals surface area contributed by atoms with Crippen LogP contribution in [0.1, 0.15) is 38.3 Å². The molecule has 0 aromatic heterocycles. The van der Waals surface area contributed by atoms with E-state index in [1.165, 1.54) is 43.3 Å². The highest BCUT2D eigenvalue weighted by Crippen LogP contribution is 2.38. The molecular weight excluding hydrogens is 650 g/mol. The van der Waals surface area contributed by atoms with Crippen molar-refractivity contribution >= 4 is 62.3 Å². The Morgan fingerprint density at radius 3 is 2.12 bits per heavy atom. The predicted octanol–water partition coefficient (Wildman–Crippen LogP) is 7.19. The van der Waals surface area contributed by atoms with Crippen molar-refractivity contribution in [3.05, 3.63) is 92.9 Å². The number of sulfonamides is 1. The number of halogens is 6. The fourth-order valence-corrected chi connectivity index (χ4v) is 5.99. The first kappa shape index (κ1) is 34.5. The molecule has 0 saturated heterocycles. The van der Waals surface area contributed by atoms with E-state index in [-0.39, 0.29) is 27.5 Å². The number of nitrogens with one attached hydrogen (secondary N) is 1. The highest BCUT2D eigenvalue weighted by Gasteiger charge is 2.37. The van der Waals surface area contributed by atoms with E-state index in [9.17, 15) is 31.2 Å². The highest BCUT2D eigenvalue weighted by atomic mass is 35.5. The second-order valence-electron chi connectivity index (χ2n) is 9.75. The van der Waals surface area contributed by atoms with Crippen LogP contribution in [0.4, 0.5) is 18.9 Å². The number of hydrogen-bond acceptors (Lipinski definition) is 4. The van der Waals surface area contributed by atoms with Crippen LogP contribution in [0.25, 0.3) is 0 Å². The number of carbonyl (C=O) groups excluding carboxylic acids is 2. The first-order valence-corrected chi connectivity index (χ1v) is 15.6. The summed E-state index contributed by atoms with van der Waals surface area (Å²) in [6, 6.07) is 12.8. The van der Waals surface area contributed by atoms with E-state index in [0.29, 0.717) is 22.4 Å². The average molecular weight is 679 g/mol. The lowest BCUT2D eigenvalue weighted by Gasteiger charge is -2.32. The van der Waals surface area contributed by atoms with Gasteiger partial charge in [0.05, 0.1) is 31.2 Å². The largest absolute Gasteiger partial charge is 0.417 e. The van der Waals surface area contributed by atoms with Crippen molar-refractivity contribution in [2.24, 2.45) is 0 Å². The van der Waals surface area contributed by atoms with Crippen molar-refractivity contribution < 1.29 is 31.2 Å². The molecule has 2 amide bonds. The van der Waals surface area contributed by atoms with E-state index in [0.717, 1.165) is 17.0 Å². The van der Waals surface area contributed by atoms with Crippen molar-refractivity contribution in [3.63, 3.8) is 0 Å². The zero-order valence-electron chi connectivity index (χ0n) is 23.3. The van der Waals surface area contributed by atoms with Gasteiger partial charge in [-0.1, -0.05) is 66.0 Å². The molecule has 0 aliphatic heterocycles. The van der Waals surface area contributed by atoms with Gasteiger partial charge in [0.1, 0.15) is 12.6 Å². The number of benzene rings is 3. The molecular formula is C29H29Cl3F3N3O4S. The van der Waals surface area contributed by atoms with Gasteiger partial charge in [-0.05, 0) is 68.3 Å². The molecule has 0 saturated carbocycles. The van der Waals surface area contributed by atoms with Crippen LogP contribution in [0.2, 0.25) is 15.1 Å². The SMILES string of the molecule is CC[C@H](C)NC(=O)[C@H](C)N(Cc1ccc(Cl)c(Cl)c1)C(=O)CN(c1ccc(Cl)c(C(F)(F)F)c1)S(=O)(=O)c1ccccc1. The van der Waals surface area contributed by atoms with Gasteiger partial charge in [-0.25, -0.2) is 8.42 Å². The van der Waals surface area contributed by atoms with Crippen LogP contribution in [-0.2, 0) is 32.3 Å². The summed E-state index contributed by atoms with van der Waals surface area (Å²) < 4.78 is 69.4. The normalized spacial score (nSPS) is 13.2. The molecule has 0 aliphatic carbocycles. The Morgan fingerprint density at radius 2 is 1.53 bits per heavy atom. The molecule has 2 atom stereocenters. The minimum Gasteiger partial charge on any atom is -0.352 e. The van der Waals surface area contributed by atoms with Crippen LogP contribution in [0, 0.1) is 0 Å². The number of alkyl halides is 3. The summed E-state index contributed by atoms with van der Waals surface area (Å²) in [4.78, 5) is 27.9. The highest BCUT2D eigenvalue weighted by molar-refractivity contribution is 7.92. The van der Waals surface area contributed by atoms with Crippen LogP contribution >= 0.6 is 34.8 Å². The fraction of sp³-hybridized carbons (Fsp3) is 0.310. The van der Waals surface area contributed by atoms with E-state index in [1.54, 1.807) is 19.1 Å². The molecule has 1 N–H and O–H groups in total. The predicted molar refractivity (Wildman–Crippen MR) is 162 cm³/mol. The molecule has 43 heavy (non-hydrogen) atoms. The standard InChI is InChI=1S/C29H29Cl3F3N3O4S/c1-4-18(2)36-28(40)19(3)37(16-20-10-12-25(31)26(32)14-20)27(39)17-38(43(41,42)22-8-6-5-7-9-22)21-11-13-24(30)23(15-21)29(33,34)35/h5-15,18-19H,4,16-17H2,1-3H3,(H,36,40)/t18-,19-/m0/s1. The quantitative estimate of drug-likeness (QED) is 0.233. The minimum absolute atomic E-state index is 0.182. The van der Waals surface area contributed by atoms with Crippen molar-refractivity contribution in [2.45, 2.75) is 56.9 Å². The summed E-state index contributed by atoms with van der Waals surface area (Å²) >= 11 is 18.0. The smallest absolute Gasteiger partial charge is 0.352 e. The lowest BCUT2D eigenvalue weighted by molar-refractivity contribution is -0.139. The lowest BCUT2D eigenvalue weighted by Crippen LogP contribution is -2.52. The van der Waals surface area contributed by atoms with E-state index < -0.39 is 56.9 Å². The molecule has 0 bridgehead atoms. The summed E-state index contributed by atoms with van der Waals surface area (Å²) in [6.45, 7) is 3.99. The van der Waals surface area contributed by atoms with Gasteiger partial charge < -0.3 is 10.2 Å². The van der Waals surface area contributed by atoms with E-state index in [2.05, 4.69) is 5.32 Å². The molecule has 0 spiro atoms. The topological polar surface area (TPSA) is 86.8 Å². The van der Waals surface area contributed by atoms with Crippen molar-refractivity contribution in [1.82, 2.24) is 10.2 Å². The molecule has 232 valence electrons. The molecule has 0 heterocycles. The Labute approximate surface area is 263 Å². The van der Waals surface area contributed by atoms with Crippen LogP contribution in [0.5, 0.6) is 0 Å². The third-order valence-electron chi connectivity index (χ3n) is 6.66. The molecule has 7 nitrogen and oxygen atoms in total. The summed E-state index contributed by atoms with van der Waals surface area (Å²) in [5.41, 5.74) is -1.24. The Bertz CT molecular complexity index is 1570. The Balaban J connectivity index is 2.12. The number of anilines is 1. The number of carbonyl (C=O) groups is 2. The van der Waals surface area contributed by atoms with Crippen molar-refractivity contribution in [1.29, 1.82) is 0 Å². The van der Waals surface area contributed by atoms with Gasteiger partial charge in [-0.2, -0.15) is 13.2 Å². The number of nitrogens with zero attached hydrogens (tertiary/aromatic N) is 2. The molecule has 0 aliphatic rings. The second kappa shape index (κ2) is 14.2. The fourth-order valence-electron chi connectivity index (χ4n) is 4.02. The van der Waals surface area contributed by atoms with Gasteiger partial charge >= 0.3 is 6.18 Å². The molecule has 14 heteroatoms. The summed E-state index contributed by atoms with van der Waals surface area (Å²) in [6.07, 6.45) is -4.29. The van der Waals surface area contributed by atoms with Gasteiger partial charge in [0.15, 0.2) is 0 Å². The molecule has 3 aromatic rings. The number of rotatable bonds is 11. The Kier molecular flexibility index (Phi) is 11.4. The Hall–Kier alpha value is -2.99. The van der Waals surface area contributed by atoms with E-state index in [1.807, 2.05) is 6.92 Å². The number of amides is 2. The number of hydrogen-bond donors (Lipinski definition) is 1. The first-order chi connectivity index (χ1) is 20.1. The summed E-state index contributed by atoms with van der Waals surface area (Å²) in [5, 5.41) is 2.60. The maximum atomic E-state index is 13.9. The van der Waals surface area contributed by atoms with Gasteiger partial charge in [-0.15, -0.1) is 0 Å². The molecule has 0 radical (unpaired) electrons. The van der Waals surface area contributed by atoms with Crippen molar-refractivity contribution in [2.75, 3.05) is 10.8 Å². The average Bonchev–Trinajstić information content (AvgIpc) is 2.96. The van der Waals surface area contributed by atoms with Crippen LogP contribution in [0.15, 0.2) is 71.6 Å². The molecule has 3 aromatic carbocycles. The van der Waals surface area contributed by atoms with Crippen LogP contribution < -0.4 is 9.62 Å². The second-order valence-corrected chi connectivity index (χ2v) is 12.8. The maximum absolute atomic E-state index is 13.9. The third kappa shape index (κ3) is 8.56. The van der Waals surface area contributed by atoms with Crippen LogP contribution in [-0.4, -0.2) is 43.8 Å². The van der Waals surface area contributed by atoms with Gasteiger partial charge in [-0.3, -0.25) is 13.9 Å². The van der Waals surface area contributed by atoms with E-state index >= 15 is 0 Å². The molecule has 0 fully saturated rings. The van der Waals surface area contributed by atoms with Crippen LogP contribution in [0.3, 0.4) is 0 Å². The molecule has 3 rings (SSSR count). The maximum Gasteiger partial charge on any atom is 0.417 e. The summed E-state index contributed by atoms with van der Waals surface area (Å²) in [5.74, 6) is -1.37. The zero-order chi connectivity index (χ0) is 32.1.